The summed E-state index contributed by atoms with van der Waals surface area (Å²) in [6.45, 7) is 8.31. The van der Waals surface area contributed by atoms with Crippen molar-refractivity contribution in [1.82, 2.24) is 0 Å². The van der Waals surface area contributed by atoms with Crippen molar-refractivity contribution >= 4 is 0 Å². The maximum Gasteiger partial charge on any atom is 0.0873 e. The first-order valence-corrected chi connectivity index (χ1v) is 5.09. The molecule has 0 radical (unpaired) electrons. The van der Waals surface area contributed by atoms with Gasteiger partial charge in [0, 0.05) is 0 Å². The molecule has 0 aliphatic rings. The maximum absolute atomic E-state index is 10.3. The molecule has 1 rings (SSSR count). The minimum Gasteiger partial charge on any atom is -0.385 e. The van der Waals surface area contributed by atoms with E-state index in [1.165, 1.54) is 0 Å². The Morgan fingerprint density at radius 3 is 1.93 bits per heavy atom. The Labute approximate surface area is 86.8 Å². The van der Waals surface area contributed by atoms with Crippen LogP contribution in [0.1, 0.15) is 39.7 Å². The van der Waals surface area contributed by atoms with E-state index in [4.69, 9.17) is 0 Å². The van der Waals surface area contributed by atoms with Crippen molar-refractivity contribution in [1.29, 1.82) is 0 Å². The quantitative estimate of drug-likeness (QED) is 0.762. The topological polar surface area (TPSA) is 20.2 Å². The highest BCUT2D eigenvalue weighted by Gasteiger charge is 2.28. The summed E-state index contributed by atoms with van der Waals surface area (Å²) in [5.41, 5.74) is 0.411. The standard InChI is InChI=1S/C13H20O/c1-12(2,3)10-13(4,14)11-8-6-5-7-9-11/h5-9,14H,10H2,1-4H3. The van der Waals surface area contributed by atoms with Crippen molar-refractivity contribution in [3.8, 4) is 0 Å². The van der Waals surface area contributed by atoms with E-state index in [1.54, 1.807) is 0 Å². The van der Waals surface area contributed by atoms with Gasteiger partial charge in [-0.1, -0.05) is 51.1 Å². The number of hydrogen-bond donors (Lipinski definition) is 1. The van der Waals surface area contributed by atoms with E-state index in [0.29, 0.717) is 0 Å². The Hall–Kier alpha value is -0.820. The van der Waals surface area contributed by atoms with Crippen molar-refractivity contribution in [3.05, 3.63) is 35.9 Å². The average Bonchev–Trinajstić information content (AvgIpc) is 2.01. The first-order valence-electron chi connectivity index (χ1n) is 5.09. The average molecular weight is 192 g/mol. The van der Waals surface area contributed by atoms with E-state index in [9.17, 15) is 5.11 Å². The minimum atomic E-state index is -0.723. The summed E-state index contributed by atoms with van der Waals surface area (Å²) in [6, 6.07) is 9.85. The lowest BCUT2D eigenvalue weighted by Gasteiger charge is -2.31. The molecule has 0 heterocycles. The normalized spacial score (nSPS) is 16.4. The lowest BCUT2D eigenvalue weighted by atomic mass is 9.79. The van der Waals surface area contributed by atoms with E-state index in [1.807, 2.05) is 37.3 Å². The highest BCUT2D eigenvalue weighted by atomic mass is 16.3. The number of hydrogen-bond acceptors (Lipinski definition) is 1. The lowest BCUT2D eigenvalue weighted by Crippen LogP contribution is -2.27. The molecule has 0 aliphatic heterocycles. The minimum absolute atomic E-state index is 0.138. The van der Waals surface area contributed by atoms with Crippen LogP contribution in [0.25, 0.3) is 0 Å². The van der Waals surface area contributed by atoms with Crippen LogP contribution in [0.3, 0.4) is 0 Å². The van der Waals surface area contributed by atoms with Gasteiger partial charge >= 0.3 is 0 Å². The molecule has 1 unspecified atom stereocenters. The summed E-state index contributed by atoms with van der Waals surface area (Å²) >= 11 is 0. The highest BCUT2D eigenvalue weighted by Crippen LogP contribution is 2.33. The van der Waals surface area contributed by atoms with Crippen molar-refractivity contribution in [2.24, 2.45) is 5.41 Å². The molecule has 0 aromatic heterocycles. The molecular weight excluding hydrogens is 172 g/mol. The summed E-state index contributed by atoms with van der Waals surface area (Å²) in [5.74, 6) is 0. The van der Waals surface area contributed by atoms with Gasteiger partial charge in [-0.2, -0.15) is 0 Å². The second-order valence-electron chi connectivity index (χ2n) is 5.38. The number of rotatable bonds is 2. The molecular formula is C13H20O. The smallest absolute Gasteiger partial charge is 0.0873 e. The van der Waals surface area contributed by atoms with Crippen molar-refractivity contribution < 1.29 is 5.11 Å². The Morgan fingerprint density at radius 2 is 1.50 bits per heavy atom. The van der Waals surface area contributed by atoms with Gasteiger partial charge in [-0.15, -0.1) is 0 Å². The Morgan fingerprint density at radius 1 is 1.00 bits per heavy atom. The summed E-state index contributed by atoms with van der Waals surface area (Å²) in [5, 5.41) is 10.3. The third-order valence-electron chi connectivity index (χ3n) is 2.27. The largest absolute Gasteiger partial charge is 0.385 e. The third kappa shape index (κ3) is 3.15. The molecule has 0 saturated heterocycles. The number of aliphatic hydroxyl groups is 1. The van der Waals surface area contributed by atoms with Gasteiger partial charge < -0.3 is 5.11 Å². The van der Waals surface area contributed by atoms with Crippen LogP contribution in [-0.4, -0.2) is 5.11 Å². The molecule has 1 heteroatoms. The van der Waals surface area contributed by atoms with Crippen molar-refractivity contribution in [2.45, 2.75) is 39.7 Å². The Kier molecular flexibility index (Phi) is 3.01. The van der Waals surface area contributed by atoms with Crippen LogP contribution in [0.5, 0.6) is 0 Å². The Balaban J connectivity index is 2.86. The van der Waals surface area contributed by atoms with Gasteiger partial charge in [-0.3, -0.25) is 0 Å². The second-order valence-corrected chi connectivity index (χ2v) is 5.38. The first kappa shape index (κ1) is 11.3. The molecule has 0 fully saturated rings. The molecule has 0 amide bonds. The molecule has 14 heavy (non-hydrogen) atoms. The van der Waals surface area contributed by atoms with Gasteiger partial charge in [0.25, 0.3) is 0 Å². The summed E-state index contributed by atoms with van der Waals surface area (Å²) in [6.07, 6.45) is 0.768. The molecule has 1 N–H and O–H groups in total. The van der Waals surface area contributed by atoms with Gasteiger partial charge in [-0.05, 0) is 24.3 Å². The fourth-order valence-electron chi connectivity index (χ4n) is 1.93. The van der Waals surface area contributed by atoms with Crippen LogP contribution in [0.4, 0.5) is 0 Å². The van der Waals surface area contributed by atoms with Gasteiger partial charge in [0.15, 0.2) is 0 Å². The molecule has 0 spiro atoms. The zero-order valence-electron chi connectivity index (χ0n) is 9.54. The zero-order valence-corrected chi connectivity index (χ0v) is 9.54. The van der Waals surface area contributed by atoms with Crippen LogP contribution < -0.4 is 0 Å². The highest BCUT2D eigenvalue weighted by molar-refractivity contribution is 5.21. The summed E-state index contributed by atoms with van der Waals surface area (Å²) < 4.78 is 0. The van der Waals surface area contributed by atoms with E-state index in [2.05, 4.69) is 20.8 Å². The fraction of sp³-hybridized carbons (Fsp3) is 0.538. The Bertz CT molecular complexity index is 280. The molecule has 0 aliphatic carbocycles. The zero-order chi connectivity index (χ0) is 10.8. The molecule has 1 atom stereocenters. The summed E-state index contributed by atoms with van der Waals surface area (Å²) in [7, 11) is 0. The molecule has 1 aromatic rings. The number of benzene rings is 1. The van der Waals surface area contributed by atoms with Crippen LogP contribution in [-0.2, 0) is 5.60 Å². The SMILES string of the molecule is CC(C)(C)CC(C)(O)c1ccccc1. The fourth-order valence-corrected chi connectivity index (χ4v) is 1.93. The lowest BCUT2D eigenvalue weighted by molar-refractivity contribution is 0.0151. The third-order valence-corrected chi connectivity index (χ3v) is 2.27. The predicted molar refractivity (Wildman–Crippen MR) is 60.1 cm³/mol. The van der Waals surface area contributed by atoms with Crippen LogP contribution >= 0.6 is 0 Å². The predicted octanol–water partition coefficient (Wildman–Crippen LogP) is 3.33. The summed E-state index contributed by atoms with van der Waals surface area (Å²) in [4.78, 5) is 0. The van der Waals surface area contributed by atoms with Gasteiger partial charge in [0.1, 0.15) is 0 Å². The molecule has 0 bridgehead atoms. The van der Waals surface area contributed by atoms with E-state index in [0.717, 1.165) is 12.0 Å². The van der Waals surface area contributed by atoms with Gasteiger partial charge in [0.05, 0.1) is 5.60 Å². The molecule has 0 saturated carbocycles. The van der Waals surface area contributed by atoms with Gasteiger partial charge in [-0.25, -0.2) is 0 Å². The molecule has 1 nitrogen and oxygen atoms in total. The first-order chi connectivity index (χ1) is 6.31. The van der Waals surface area contributed by atoms with Gasteiger partial charge in [0.2, 0.25) is 0 Å². The van der Waals surface area contributed by atoms with E-state index in [-0.39, 0.29) is 5.41 Å². The molecule has 78 valence electrons. The van der Waals surface area contributed by atoms with Crippen molar-refractivity contribution in [3.63, 3.8) is 0 Å². The maximum atomic E-state index is 10.3. The van der Waals surface area contributed by atoms with Crippen LogP contribution in [0.15, 0.2) is 30.3 Å². The van der Waals surface area contributed by atoms with E-state index < -0.39 is 5.60 Å². The van der Waals surface area contributed by atoms with Crippen LogP contribution in [0, 0.1) is 5.41 Å². The second kappa shape index (κ2) is 3.74. The van der Waals surface area contributed by atoms with Crippen LogP contribution in [0.2, 0.25) is 0 Å². The van der Waals surface area contributed by atoms with E-state index >= 15 is 0 Å². The molecule has 1 aromatic carbocycles. The van der Waals surface area contributed by atoms with Crippen molar-refractivity contribution in [2.75, 3.05) is 0 Å². The monoisotopic (exact) mass is 192 g/mol.